The fourth-order valence-corrected chi connectivity index (χ4v) is 10.3. The summed E-state index contributed by atoms with van der Waals surface area (Å²) in [6.07, 6.45) is 0. The number of aromatic nitrogens is 1. The first-order valence-corrected chi connectivity index (χ1v) is 19.2. The van der Waals surface area contributed by atoms with Crippen LogP contribution in [0.2, 0.25) is 0 Å². The van der Waals surface area contributed by atoms with Crippen molar-refractivity contribution >= 4 is 102 Å². The Bertz CT molecular complexity index is 3130. The van der Waals surface area contributed by atoms with Crippen LogP contribution in [0.3, 0.4) is 0 Å². The summed E-state index contributed by atoms with van der Waals surface area (Å²) in [5.74, 6) is 0. The monoisotopic (exact) mass is 698 g/mol. The van der Waals surface area contributed by atoms with Crippen LogP contribution in [0.1, 0.15) is 0 Å². The average molecular weight is 699 g/mol. The van der Waals surface area contributed by atoms with Crippen LogP contribution in [-0.2, 0) is 0 Å². The Labute approximate surface area is 308 Å². The first-order chi connectivity index (χ1) is 25.8. The van der Waals surface area contributed by atoms with Gasteiger partial charge >= 0.3 is 0 Å². The van der Waals surface area contributed by atoms with Crippen molar-refractivity contribution in [1.29, 1.82) is 0 Å². The van der Waals surface area contributed by atoms with E-state index in [1.165, 1.54) is 84.7 Å². The van der Waals surface area contributed by atoms with E-state index >= 15 is 0 Å². The molecular formula is C48H30N2S2. The van der Waals surface area contributed by atoms with Gasteiger partial charge in [0.25, 0.3) is 0 Å². The maximum atomic E-state index is 2.45. The molecule has 0 N–H and O–H groups in total. The number of para-hydroxylation sites is 2. The summed E-state index contributed by atoms with van der Waals surface area (Å²) in [6, 6.07) is 66.7. The zero-order valence-corrected chi connectivity index (χ0v) is 29.7. The molecule has 11 aromatic rings. The van der Waals surface area contributed by atoms with E-state index in [-0.39, 0.29) is 0 Å². The molecule has 0 fully saturated rings. The minimum atomic E-state index is 1.13. The number of rotatable bonds is 5. The molecule has 0 atom stereocenters. The van der Waals surface area contributed by atoms with Gasteiger partial charge in [-0.15, -0.1) is 22.7 Å². The number of nitrogens with zero attached hydrogens (tertiary/aromatic N) is 2. The summed E-state index contributed by atoms with van der Waals surface area (Å²) in [5.41, 5.74) is 9.47. The maximum absolute atomic E-state index is 2.45. The summed E-state index contributed by atoms with van der Waals surface area (Å²) in [7, 11) is 0. The van der Waals surface area contributed by atoms with E-state index in [1.807, 2.05) is 22.7 Å². The normalized spacial score (nSPS) is 11.8. The number of fused-ring (bicyclic) bond motifs is 9. The molecule has 0 bridgehead atoms. The van der Waals surface area contributed by atoms with Crippen LogP contribution >= 0.6 is 22.7 Å². The highest BCUT2D eigenvalue weighted by atomic mass is 32.1. The van der Waals surface area contributed by atoms with Crippen LogP contribution in [-0.4, -0.2) is 4.57 Å². The highest BCUT2D eigenvalue weighted by Crippen LogP contribution is 2.46. The number of thiophene rings is 2. The molecule has 8 aromatic carbocycles. The predicted octanol–water partition coefficient (Wildman–Crippen LogP) is 14.7. The van der Waals surface area contributed by atoms with E-state index in [0.29, 0.717) is 0 Å². The summed E-state index contributed by atoms with van der Waals surface area (Å²) >= 11 is 3.73. The molecule has 0 aliphatic heterocycles. The Hall–Kier alpha value is -6.20. The third kappa shape index (κ3) is 4.55. The Morgan fingerprint density at radius 1 is 0.365 bits per heavy atom. The Morgan fingerprint density at radius 2 is 0.962 bits per heavy atom. The lowest BCUT2D eigenvalue weighted by Crippen LogP contribution is -2.10. The van der Waals surface area contributed by atoms with Crippen molar-refractivity contribution < 1.29 is 0 Å². The lowest BCUT2D eigenvalue weighted by atomic mass is 10.0. The van der Waals surface area contributed by atoms with Crippen molar-refractivity contribution in [2.45, 2.75) is 0 Å². The van der Waals surface area contributed by atoms with Gasteiger partial charge in [-0.2, -0.15) is 0 Å². The van der Waals surface area contributed by atoms with Crippen LogP contribution in [0.25, 0.3) is 79.0 Å². The number of hydrogen-bond acceptors (Lipinski definition) is 3. The fourth-order valence-electron chi connectivity index (χ4n) is 8.03. The van der Waals surface area contributed by atoms with Crippen molar-refractivity contribution in [3.63, 3.8) is 0 Å². The molecule has 0 aliphatic carbocycles. The van der Waals surface area contributed by atoms with Crippen molar-refractivity contribution in [2.24, 2.45) is 0 Å². The third-order valence-electron chi connectivity index (χ3n) is 10.4. The number of benzene rings is 8. The maximum Gasteiger partial charge on any atom is 0.0554 e. The predicted molar refractivity (Wildman–Crippen MR) is 227 cm³/mol. The van der Waals surface area contributed by atoms with E-state index in [1.54, 1.807) is 0 Å². The molecule has 0 saturated carbocycles. The summed E-state index contributed by atoms with van der Waals surface area (Å²) < 4.78 is 7.61. The van der Waals surface area contributed by atoms with Gasteiger partial charge in [0, 0.05) is 68.2 Å². The molecule has 0 aliphatic rings. The van der Waals surface area contributed by atoms with Gasteiger partial charge < -0.3 is 9.47 Å². The number of hydrogen-bond donors (Lipinski definition) is 0. The van der Waals surface area contributed by atoms with Crippen molar-refractivity contribution in [3.8, 4) is 16.8 Å². The quantitative estimate of drug-likeness (QED) is 0.174. The van der Waals surface area contributed by atoms with Gasteiger partial charge in [0.05, 0.1) is 16.7 Å². The van der Waals surface area contributed by atoms with Gasteiger partial charge in [0.2, 0.25) is 0 Å². The second kappa shape index (κ2) is 11.7. The fraction of sp³-hybridized carbons (Fsp3) is 0. The van der Waals surface area contributed by atoms with Crippen molar-refractivity contribution in [1.82, 2.24) is 4.57 Å². The lowest BCUT2D eigenvalue weighted by molar-refractivity contribution is 1.18. The zero-order chi connectivity index (χ0) is 34.2. The van der Waals surface area contributed by atoms with E-state index in [4.69, 9.17) is 0 Å². The van der Waals surface area contributed by atoms with Crippen molar-refractivity contribution in [2.75, 3.05) is 4.90 Å². The standard InChI is InChI=1S/C48H30N2S2/c1-2-11-33(12-3-1)50-41-16-7-4-13-36(41)37-27-23-32(29-43(37)50)31-21-24-34(25-22-31)49(35-26-28-39-38-14-5-8-18-44(38)52-47(39)30-35)42-17-10-20-46-48(42)40-15-6-9-19-45(40)51-46/h1-30H. The van der Waals surface area contributed by atoms with Gasteiger partial charge in [-0.3, -0.25) is 0 Å². The molecule has 3 aromatic heterocycles. The Morgan fingerprint density at radius 3 is 1.81 bits per heavy atom. The largest absolute Gasteiger partial charge is 0.310 e. The van der Waals surface area contributed by atoms with Crippen LogP contribution in [0.4, 0.5) is 17.1 Å². The smallest absolute Gasteiger partial charge is 0.0554 e. The van der Waals surface area contributed by atoms with Gasteiger partial charge in [0.15, 0.2) is 0 Å². The van der Waals surface area contributed by atoms with E-state index in [2.05, 4.69) is 191 Å². The molecule has 3 heterocycles. The van der Waals surface area contributed by atoms with Gasteiger partial charge in [0.1, 0.15) is 0 Å². The van der Waals surface area contributed by atoms with Crippen molar-refractivity contribution in [3.05, 3.63) is 182 Å². The topological polar surface area (TPSA) is 8.17 Å². The number of anilines is 3. The SMILES string of the molecule is c1ccc(-n2c3ccccc3c3ccc(-c4ccc(N(c5ccc6c(c5)sc5ccccc56)c5cccc6sc7ccccc7c56)cc4)cc32)cc1. The molecule has 2 nitrogen and oxygen atoms in total. The first-order valence-electron chi connectivity index (χ1n) is 17.6. The van der Waals surface area contributed by atoms with E-state index in [0.717, 1.165) is 11.4 Å². The van der Waals surface area contributed by atoms with Crippen LogP contribution in [0.15, 0.2) is 182 Å². The zero-order valence-electron chi connectivity index (χ0n) is 28.0. The highest BCUT2D eigenvalue weighted by Gasteiger charge is 2.20. The molecular weight excluding hydrogens is 669 g/mol. The lowest BCUT2D eigenvalue weighted by Gasteiger charge is -2.27. The highest BCUT2D eigenvalue weighted by molar-refractivity contribution is 7.26. The molecule has 4 heteroatoms. The molecule has 244 valence electrons. The second-order valence-corrected chi connectivity index (χ2v) is 15.5. The molecule has 0 spiro atoms. The molecule has 11 rings (SSSR count). The second-order valence-electron chi connectivity index (χ2n) is 13.3. The third-order valence-corrected chi connectivity index (χ3v) is 12.7. The van der Waals surface area contributed by atoms with Gasteiger partial charge in [-0.25, -0.2) is 0 Å². The molecule has 0 radical (unpaired) electrons. The molecule has 0 unspecified atom stereocenters. The summed E-state index contributed by atoms with van der Waals surface area (Å²) in [4.78, 5) is 2.45. The molecule has 0 amide bonds. The van der Waals surface area contributed by atoms with Crippen LogP contribution in [0, 0.1) is 0 Å². The van der Waals surface area contributed by atoms with Crippen LogP contribution < -0.4 is 4.90 Å². The minimum Gasteiger partial charge on any atom is -0.310 e. The summed E-state index contributed by atoms with van der Waals surface area (Å²) in [6.45, 7) is 0. The van der Waals surface area contributed by atoms with E-state index < -0.39 is 0 Å². The Kier molecular flexibility index (Phi) is 6.63. The van der Waals surface area contributed by atoms with Gasteiger partial charge in [-0.05, 0) is 83.9 Å². The Balaban J connectivity index is 1.08. The van der Waals surface area contributed by atoms with Crippen LogP contribution in [0.5, 0.6) is 0 Å². The minimum absolute atomic E-state index is 1.13. The first kappa shape index (κ1) is 29.5. The average Bonchev–Trinajstić information content (AvgIpc) is 3.88. The molecule has 0 saturated heterocycles. The molecule has 52 heavy (non-hydrogen) atoms. The van der Waals surface area contributed by atoms with Gasteiger partial charge in [-0.1, -0.05) is 109 Å². The van der Waals surface area contributed by atoms with E-state index in [9.17, 15) is 0 Å². The summed E-state index contributed by atoms with van der Waals surface area (Å²) in [5, 5.41) is 7.75.